The van der Waals surface area contributed by atoms with E-state index >= 15 is 0 Å². The van der Waals surface area contributed by atoms with Gasteiger partial charge in [-0.1, -0.05) is 13.8 Å². The van der Waals surface area contributed by atoms with Crippen molar-refractivity contribution in [2.24, 2.45) is 5.41 Å². The molecule has 0 N–H and O–H groups in total. The van der Waals surface area contributed by atoms with E-state index in [9.17, 15) is 0 Å². The van der Waals surface area contributed by atoms with Gasteiger partial charge in [0.2, 0.25) is 0 Å². The molecule has 1 saturated carbocycles. The van der Waals surface area contributed by atoms with Gasteiger partial charge in [0.1, 0.15) is 17.3 Å². The van der Waals surface area contributed by atoms with Crippen molar-refractivity contribution < 1.29 is 9.47 Å². The molecule has 3 rings (SSSR count). The average Bonchev–Trinajstić information content (AvgIpc) is 2.71. The molecule has 0 spiro atoms. The zero-order chi connectivity index (χ0) is 8.78. The van der Waals surface area contributed by atoms with Crippen molar-refractivity contribution in [3.05, 3.63) is 0 Å². The second kappa shape index (κ2) is 1.48. The van der Waals surface area contributed by atoms with Crippen molar-refractivity contribution in [2.75, 3.05) is 0 Å². The third-order valence-corrected chi connectivity index (χ3v) is 4.45. The predicted molar refractivity (Wildman–Crippen MR) is 45.0 cm³/mol. The van der Waals surface area contributed by atoms with Crippen molar-refractivity contribution >= 4 is 0 Å². The van der Waals surface area contributed by atoms with Crippen LogP contribution < -0.4 is 0 Å². The van der Waals surface area contributed by atoms with Crippen molar-refractivity contribution in [3.8, 4) is 0 Å². The van der Waals surface area contributed by atoms with E-state index in [1.807, 2.05) is 0 Å². The van der Waals surface area contributed by atoms with E-state index in [-0.39, 0.29) is 16.6 Å². The lowest BCUT2D eigenvalue weighted by atomic mass is 9.65. The van der Waals surface area contributed by atoms with Crippen molar-refractivity contribution in [2.45, 2.75) is 57.5 Å². The van der Waals surface area contributed by atoms with Gasteiger partial charge in [-0.2, -0.15) is 0 Å². The Kier molecular flexibility index (Phi) is 0.906. The fourth-order valence-electron chi connectivity index (χ4n) is 3.02. The van der Waals surface area contributed by atoms with E-state index in [4.69, 9.17) is 9.47 Å². The maximum atomic E-state index is 5.90. The van der Waals surface area contributed by atoms with E-state index in [1.165, 1.54) is 0 Å². The molecule has 3 fully saturated rings. The first-order valence-corrected chi connectivity index (χ1v) is 4.76. The summed E-state index contributed by atoms with van der Waals surface area (Å²) in [6.07, 6.45) is 2.04. The Morgan fingerprint density at radius 3 is 2.50 bits per heavy atom. The molecule has 2 aliphatic heterocycles. The summed E-state index contributed by atoms with van der Waals surface area (Å²) in [4.78, 5) is 0. The highest BCUT2D eigenvalue weighted by molar-refractivity contribution is 5.29. The lowest BCUT2D eigenvalue weighted by Crippen LogP contribution is -2.44. The highest BCUT2D eigenvalue weighted by atomic mass is 16.7. The molecule has 2 heterocycles. The van der Waals surface area contributed by atoms with Crippen LogP contribution in [0.25, 0.3) is 0 Å². The molecule has 68 valence electrons. The van der Waals surface area contributed by atoms with Gasteiger partial charge in [0.25, 0.3) is 0 Å². The molecule has 4 atom stereocenters. The van der Waals surface area contributed by atoms with Gasteiger partial charge in [-0.3, -0.25) is 0 Å². The minimum atomic E-state index is 0.0272. The van der Waals surface area contributed by atoms with Gasteiger partial charge in [0.15, 0.2) is 0 Å². The topological polar surface area (TPSA) is 25.1 Å². The van der Waals surface area contributed by atoms with Gasteiger partial charge in [0, 0.05) is 0 Å². The summed E-state index contributed by atoms with van der Waals surface area (Å²) in [5.41, 5.74) is 0.372. The molecule has 0 amide bonds. The normalized spacial score (nSPS) is 65.0. The molecule has 0 aromatic carbocycles. The standard InChI is InChI=1S/C10H16O2/c1-8(2)5-6-7(11-6)9(3)10(8,4)12-9/h6-7H,5H2,1-4H3. The van der Waals surface area contributed by atoms with Gasteiger partial charge in [-0.05, 0) is 25.7 Å². The Morgan fingerprint density at radius 2 is 1.83 bits per heavy atom. The lowest BCUT2D eigenvalue weighted by molar-refractivity contribution is 0.129. The summed E-state index contributed by atoms with van der Waals surface area (Å²) in [7, 11) is 0. The Morgan fingerprint density at radius 1 is 1.17 bits per heavy atom. The molecular formula is C10H16O2. The van der Waals surface area contributed by atoms with Crippen molar-refractivity contribution in [1.82, 2.24) is 0 Å². The minimum absolute atomic E-state index is 0.0272. The van der Waals surface area contributed by atoms with Gasteiger partial charge in [-0.25, -0.2) is 0 Å². The second-order valence-electron chi connectivity index (χ2n) is 5.43. The zero-order valence-electron chi connectivity index (χ0n) is 8.18. The second-order valence-corrected chi connectivity index (χ2v) is 5.43. The van der Waals surface area contributed by atoms with E-state index < -0.39 is 0 Å². The van der Waals surface area contributed by atoms with Crippen LogP contribution in [-0.4, -0.2) is 23.4 Å². The van der Waals surface area contributed by atoms with Crippen LogP contribution in [0.15, 0.2) is 0 Å². The summed E-state index contributed by atoms with van der Waals surface area (Å²) < 4.78 is 11.5. The zero-order valence-corrected chi connectivity index (χ0v) is 8.18. The number of rotatable bonds is 0. The average molecular weight is 168 g/mol. The van der Waals surface area contributed by atoms with E-state index in [2.05, 4.69) is 27.7 Å². The molecule has 2 saturated heterocycles. The molecule has 0 aromatic heterocycles. The van der Waals surface area contributed by atoms with Crippen LogP contribution in [0.1, 0.15) is 34.1 Å². The van der Waals surface area contributed by atoms with Gasteiger partial charge < -0.3 is 9.47 Å². The first kappa shape index (κ1) is 7.34. The quantitative estimate of drug-likeness (QED) is 0.515. The molecule has 0 radical (unpaired) electrons. The molecule has 2 nitrogen and oxygen atoms in total. The first-order chi connectivity index (χ1) is 5.41. The highest BCUT2D eigenvalue weighted by Gasteiger charge is 2.82. The molecule has 1 aliphatic carbocycles. The number of hydrogen-bond donors (Lipinski definition) is 0. The van der Waals surface area contributed by atoms with Crippen LogP contribution in [0.4, 0.5) is 0 Å². The molecule has 12 heavy (non-hydrogen) atoms. The number of ether oxygens (including phenoxy) is 2. The molecule has 4 unspecified atom stereocenters. The molecule has 2 heteroatoms. The van der Waals surface area contributed by atoms with Gasteiger partial charge >= 0.3 is 0 Å². The van der Waals surface area contributed by atoms with Crippen LogP contribution in [0.2, 0.25) is 0 Å². The van der Waals surface area contributed by atoms with E-state index in [0.717, 1.165) is 6.42 Å². The van der Waals surface area contributed by atoms with Gasteiger partial charge in [-0.15, -0.1) is 0 Å². The predicted octanol–water partition coefficient (Wildman–Crippen LogP) is 1.73. The summed E-state index contributed by atoms with van der Waals surface area (Å²) in [5.74, 6) is 0. The van der Waals surface area contributed by atoms with Crippen molar-refractivity contribution in [3.63, 3.8) is 0 Å². The maximum absolute atomic E-state index is 5.90. The third-order valence-electron chi connectivity index (χ3n) is 4.45. The summed E-state index contributed by atoms with van der Waals surface area (Å²) in [6, 6.07) is 0. The molecule has 0 aromatic rings. The fraction of sp³-hybridized carbons (Fsp3) is 1.00. The van der Waals surface area contributed by atoms with Crippen LogP contribution in [-0.2, 0) is 9.47 Å². The number of epoxide rings is 2. The smallest absolute Gasteiger partial charge is 0.124 e. The maximum Gasteiger partial charge on any atom is 0.124 e. The van der Waals surface area contributed by atoms with Gasteiger partial charge in [0.05, 0.1) is 6.10 Å². The molecule has 3 aliphatic rings. The Labute approximate surface area is 73.2 Å². The minimum Gasteiger partial charge on any atom is -0.366 e. The summed E-state index contributed by atoms with van der Waals surface area (Å²) >= 11 is 0. The summed E-state index contributed by atoms with van der Waals surface area (Å²) in [5, 5.41) is 0. The SMILES string of the molecule is CC1(C)CC2OC2C2(C)OC12C. The van der Waals surface area contributed by atoms with Crippen LogP contribution in [0.5, 0.6) is 0 Å². The number of fused-ring (bicyclic) bond motifs is 3. The van der Waals surface area contributed by atoms with E-state index in [1.54, 1.807) is 0 Å². The van der Waals surface area contributed by atoms with E-state index in [0.29, 0.717) is 12.2 Å². The fourth-order valence-corrected chi connectivity index (χ4v) is 3.02. The lowest BCUT2D eigenvalue weighted by Gasteiger charge is -2.33. The Balaban J connectivity index is 2.04. The van der Waals surface area contributed by atoms with Crippen molar-refractivity contribution in [1.29, 1.82) is 0 Å². The number of hydrogen-bond acceptors (Lipinski definition) is 2. The van der Waals surface area contributed by atoms with Crippen LogP contribution >= 0.6 is 0 Å². The Hall–Kier alpha value is -0.0800. The first-order valence-electron chi connectivity index (χ1n) is 4.76. The van der Waals surface area contributed by atoms with Crippen LogP contribution in [0.3, 0.4) is 0 Å². The van der Waals surface area contributed by atoms with Crippen LogP contribution in [0, 0.1) is 5.41 Å². The monoisotopic (exact) mass is 168 g/mol. The third kappa shape index (κ3) is 0.521. The molecule has 0 bridgehead atoms. The summed E-state index contributed by atoms with van der Waals surface area (Å²) in [6.45, 7) is 9.00. The highest BCUT2D eigenvalue weighted by Crippen LogP contribution is 2.70. The molecular weight excluding hydrogens is 152 g/mol. The Bertz CT molecular complexity index is 254. The largest absolute Gasteiger partial charge is 0.366 e.